The summed E-state index contributed by atoms with van der Waals surface area (Å²) in [5.41, 5.74) is 0. The lowest BCUT2D eigenvalue weighted by molar-refractivity contribution is -0.302. The minimum Gasteiger partial charge on any atom is -0.394 e. The van der Waals surface area contributed by atoms with Gasteiger partial charge < -0.3 is 40.3 Å². The first-order chi connectivity index (χ1) is 39.3. The van der Waals surface area contributed by atoms with Crippen molar-refractivity contribution >= 4 is 5.91 Å². The second-order valence-corrected chi connectivity index (χ2v) is 22.5. The normalized spacial score (nSPS) is 19.2. The molecule has 0 aliphatic carbocycles. The van der Waals surface area contributed by atoms with Crippen LogP contribution < -0.4 is 5.32 Å². The summed E-state index contributed by atoms with van der Waals surface area (Å²) >= 11 is 0. The first kappa shape index (κ1) is 74.9. The van der Waals surface area contributed by atoms with Gasteiger partial charge in [-0.2, -0.15) is 0 Å². The summed E-state index contributed by atoms with van der Waals surface area (Å²) in [6, 6.07) is -0.846. The number of aliphatic hydroxyl groups excluding tert-OH is 5. The molecule has 1 amide bonds. The summed E-state index contributed by atoms with van der Waals surface area (Å²) in [6.45, 7) is 3.65. The standard InChI is InChI=1S/C71H123NO8/c1-3-5-7-9-11-13-15-17-19-21-23-25-27-29-30-31-32-33-34-35-37-38-40-42-44-46-48-50-52-54-56-58-60-65(74)64(63-79-71-70(78)69(77)68(76)66(62-73)80-71)72-67(75)61-59-57-55-53-51-49-47-45-43-41-39-36-28-26-24-22-20-18-16-14-12-10-8-6-4-2/h6,8,12,14,18,20,24,26,36,39,42-45,50,52,58,60,64-66,68-71,73-74,76-78H,3-5,7,9-11,13,15-17,19,21-23,25,27-35,37-38,40-41,46-49,51,53-57,59,61-63H2,1-2H3,(H,72,75)/b8-6-,14-12-,20-18-,26-24-,39-36-,44-42+,45-43-,52-50+,60-58+. The zero-order valence-corrected chi connectivity index (χ0v) is 51.3. The van der Waals surface area contributed by atoms with E-state index in [1.54, 1.807) is 6.08 Å². The van der Waals surface area contributed by atoms with Crippen molar-refractivity contribution in [2.24, 2.45) is 0 Å². The Morgan fingerprint density at radius 2 is 0.787 bits per heavy atom. The molecule has 1 saturated heterocycles. The van der Waals surface area contributed by atoms with E-state index in [2.05, 4.69) is 116 Å². The molecule has 1 aliphatic rings. The van der Waals surface area contributed by atoms with Gasteiger partial charge in [-0.05, 0) is 96.3 Å². The summed E-state index contributed by atoms with van der Waals surface area (Å²) in [5.74, 6) is -0.208. The van der Waals surface area contributed by atoms with Crippen LogP contribution in [0.1, 0.15) is 277 Å². The third kappa shape index (κ3) is 47.4. The molecule has 0 aromatic heterocycles. The van der Waals surface area contributed by atoms with Gasteiger partial charge in [0.1, 0.15) is 24.4 Å². The number of hydrogen-bond acceptors (Lipinski definition) is 8. The molecule has 1 fully saturated rings. The molecule has 0 bridgehead atoms. The van der Waals surface area contributed by atoms with Crippen molar-refractivity contribution in [1.29, 1.82) is 0 Å². The number of ether oxygens (including phenoxy) is 2. The molecular formula is C71H123NO8. The fraction of sp³-hybridized carbons (Fsp3) is 0.732. The van der Waals surface area contributed by atoms with E-state index < -0.39 is 49.5 Å². The van der Waals surface area contributed by atoms with Gasteiger partial charge in [0.15, 0.2) is 6.29 Å². The fourth-order valence-electron chi connectivity index (χ4n) is 9.90. The van der Waals surface area contributed by atoms with Gasteiger partial charge >= 0.3 is 0 Å². The summed E-state index contributed by atoms with van der Waals surface area (Å²) < 4.78 is 11.3. The van der Waals surface area contributed by atoms with E-state index in [4.69, 9.17) is 9.47 Å². The minimum atomic E-state index is -1.59. The van der Waals surface area contributed by atoms with Gasteiger partial charge in [-0.3, -0.25) is 4.79 Å². The van der Waals surface area contributed by atoms with Crippen molar-refractivity contribution in [3.05, 3.63) is 109 Å². The van der Waals surface area contributed by atoms with Crippen LogP contribution in [0.5, 0.6) is 0 Å². The fourth-order valence-corrected chi connectivity index (χ4v) is 9.90. The van der Waals surface area contributed by atoms with Crippen molar-refractivity contribution in [3.63, 3.8) is 0 Å². The number of hydrogen-bond donors (Lipinski definition) is 6. The van der Waals surface area contributed by atoms with Gasteiger partial charge in [0.2, 0.25) is 5.91 Å². The Bertz CT molecular complexity index is 1630. The molecule has 0 saturated carbocycles. The number of carbonyl (C=O) groups is 1. The molecule has 9 nitrogen and oxygen atoms in total. The van der Waals surface area contributed by atoms with Gasteiger partial charge in [0, 0.05) is 6.42 Å². The van der Waals surface area contributed by atoms with Crippen molar-refractivity contribution in [3.8, 4) is 0 Å². The smallest absolute Gasteiger partial charge is 0.220 e. The van der Waals surface area contributed by atoms with Crippen molar-refractivity contribution < 1.29 is 39.8 Å². The molecule has 6 N–H and O–H groups in total. The molecule has 0 aromatic carbocycles. The highest BCUT2D eigenvalue weighted by Crippen LogP contribution is 2.23. The van der Waals surface area contributed by atoms with E-state index >= 15 is 0 Å². The highest BCUT2D eigenvalue weighted by atomic mass is 16.7. The molecular weight excluding hydrogens is 995 g/mol. The first-order valence-electron chi connectivity index (χ1n) is 33.1. The van der Waals surface area contributed by atoms with E-state index in [1.807, 2.05) is 6.08 Å². The highest BCUT2D eigenvalue weighted by molar-refractivity contribution is 5.76. The maximum Gasteiger partial charge on any atom is 0.220 e. The Kier molecular flexibility index (Phi) is 55.2. The van der Waals surface area contributed by atoms with Crippen LogP contribution in [0.15, 0.2) is 109 Å². The van der Waals surface area contributed by atoms with E-state index in [1.165, 1.54) is 141 Å². The molecule has 0 spiro atoms. The molecule has 1 rings (SSSR count). The predicted octanol–water partition coefficient (Wildman–Crippen LogP) is 17.7. The van der Waals surface area contributed by atoms with Gasteiger partial charge in [-0.25, -0.2) is 0 Å². The SMILES string of the molecule is CC/C=C\C/C=C\C/C=C\C/C=C\C/C=C\C/C=C\CCCCCCCCC(=O)NC(COC1OC(CO)C(O)C(O)C1O)C(O)/C=C/CC/C=C/CC/C=C/CCCCCCCCCCCCCCCCCCCCCCCC. The summed E-state index contributed by atoms with van der Waals surface area (Å²) in [5, 5.41) is 54.6. The van der Waals surface area contributed by atoms with Crippen LogP contribution in [0.4, 0.5) is 0 Å². The molecule has 0 aromatic rings. The molecule has 0 radical (unpaired) electrons. The number of aliphatic hydroxyl groups is 5. The molecule has 1 aliphatic heterocycles. The number of carbonyl (C=O) groups excluding carboxylic acids is 1. The third-order valence-electron chi connectivity index (χ3n) is 15.1. The Morgan fingerprint density at radius 1 is 0.438 bits per heavy atom. The number of nitrogens with one attached hydrogen (secondary N) is 1. The van der Waals surface area contributed by atoms with E-state index in [0.29, 0.717) is 6.42 Å². The van der Waals surface area contributed by atoms with Crippen LogP contribution in [0.25, 0.3) is 0 Å². The van der Waals surface area contributed by atoms with Crippen molar-refractivity contribution in [2.75, 3.05) is 13.2 Å². The van der Waals surface area contributed by atoms with Gasteiger partial charge in [0.25, 0.3) is 0 Å². The lowest BCUT2D eigenvalue weighted by atomic mass is 9.99. The van der Waals surface area contributed by atoms with Crippen LogP contribution in [0, 0.1) is 0 Å². The number of allylic oxidation sites excluding steroid dienone is 17. The second kappa shape index (κ2) is 59.0. The summed E-state index contributed by atoms with van der Waals surface area (Å²) in [4.78, 5) is 13.1. The van der Waals surface area contributed by atoms with Gasteiger partial charge in [-0.15, -0.1) is 0 Å². The highest BCUT2D eigenvalue weighted by Gasteiger charge is 2.44. The van der Waals surface area contributed by atoms with Crippen molar-refractivity contribution in [2.45, 2.75) is 320 Å². The number of rotatable bonds is 56. The van der Waals surface area contributed by atoms with E-state index in [0.717, 1.165) is 116 Å². The van der Waals surface area contributed by atoms with E-state index in [9.17, 15) is 30.3 Å². The summed E-state index contributed by atoms with van der Waals surface area (Å²) in [6.07, 6.45) is 80.4. The quantitative estimate of drug-likeness (QED) is 0.0261. The molecule has 7 atom stereocenters. The average molecular weight is 1120 g/mol. The van der Waals surface area contributed by atoms with Crippen LogP contribution in [-0.2, 0) is 14.3 Å². The maximum atomic E-state index is 13.1. The Labute approximate surface area is 491 Å². The predicted molar refractivity (Wildman–Crippen MR) is 341 cm³/mol. The molecule has 1 heterocycles. The average Bonchev–Trinajstić information content (AvgIpc) is 3.46. The molecule has 7 unspecified atom stereocenters. The Balaban J connectivity index is 2.22. The van der Waals surface area contributed by atoms with Crippen LogP contribution in [-0.4, -0.2) is 87.5 Å². The monoisotopic (exact) mass is 1120 g/mol. The first-order valence-corrected chi connectivity index (χ1v) is 33.1. The van der Waals surface area contributed by atoms with Crippen molar-refractivity contribution in [1.82, 2.24) is 5.32 Å². The van der Waals surface area contributed by atoms with Crippen LogP contribution in [0.2, 0.25) is 0 Å². The van der Waals surface area contributed by atoms with Gasteiger partial charge in [0.05, 0.1) is 25.4 Å². The lowest BCUT2D eigenvalue weighted by Crippen LogP contribution is -2.60. The lowest BCUT2D eigenvalue weighted by Gasteiger charge is -2.40. The minimum absolute atomic E-state index is 0.208. The third-order valence-corrected chi connectivity index (χ3v) is 15.1. The number of amides is 1. The second-order valence-electron chi connectivity index (χ2n) is 22.5. The Morgan fingerprint density at radius 3 is 1.20 bits per heavy atom. The van der Waals surface area contributed by atoms with Crippen LogP contribution in [0.3, 0.4) is 0 Å². The number of unbranched alkanes of at least 4 members (excludes halogenated alkanes) is 30. The topological polar surface area (TPSA) is 149 Å². The Hall–Kier alpha value is -3.15. The van der Waals surface area contributed by atoms with Gasteiger partial charge in [-0.1, -0.05) is 284 Å². The summed E-state index contributed by atoms with van der Waals surface area (Å²) in [7, 11) is 0. The largest absolute Gasteiger partial charge is 0.394 e. The maximum absolute atomic E-state index is 13.1. The molecule has 80 heavy (non-hydrogen) atoms. The zero-order chi connectivity index (χ0) is 57.9. The zero-order valence-electron chi connectivity index (χ0n) is 51.3. The molecule has 9 heteroatoms. The van der Waals surface area contributed by atoms with E-state index in [-0.39, 0.29) is 12.5 Å². The molecule has 460 valence electrons. The van der Waals surface area contributed by atoms with Crippen LogP contribution >= 0.6 is 0 Å².